The Morgan fingerprint density at radius 1 is 1.11 bits per heavy atom. The van der Waals surface area contributed by atoms with E-state index in [9.17, 15) is 18.0 Å². The van der Waals surface area contributed by atoms with Gasteiger partial charge in [0, 0.05) is 38.3 Å². The Labute approximate surface area is 216 Å². The van der Waals surface area contributed by atoms with Crippen molar-refractivity contribution in [2.75, 3.05) is 36.0 Å². The molecule has 12 heteroatoms. The molecule has 1 N–H and O–H groups in total. The number of thioether (sulfide) groups is 1. The maximum atomic E-state index is 13.6. The minimum absolute atomic E-state index is 0.0158. The molecule has 1 fully saturated rings. The van der Waals surface area contributed by atoms with Crippen LogP contribution in [0.5, 0.6) is 0 Å². The van der Waals surface area contributed by atoms with E-state index in [-0.39, 0.29) is 34.4 Å². The average molecular weight is 540 g/mol. The standard InChI is InChI=1S/C24H25ClF3N5O2S/c1-15(2)29-22(34)19-8-7-16(35-19)14-36-23-30-20(24(26,27)28)13-21(31-23)33-11-9-32(10-12-33)18-6-4-3-5-17(18)25/h3-8,13,15H,9-12,14H2,1-2H3,(H,29,34). The van der Waals surface area contributed by atoms with Gasteiger partial charge in [-0.3, -0.25) is 4.79 Å². The van der Waals surface area contributed by atoms with Crippen molar-refractivity contribution in [3.05, 3.63) is 64.7 Å². The average Bonchev–Trinajstić information content (AvgIpc) is 3.31. The van der Waals surface area contributed by atoms with Crippen LogP contribution in [0.3, 0.4) is 0 Å². The summed E-state index contributed by atoms with van der Waals surface area (Å²) in [6, 6.07) is 11.6. The quantitative estimate of drug-likeness (QED) is 0.314. The van der Waals surface area contributed by atoms with Crippen LogP contribution in [0.15, 0.2) is 52.0 Å². The number of halogens is 4. The SMILES string of the molecule is CC(C)NC(=O)c1ccc(CSc2nc(N3CCN(c4ccccc4Cl)CC3)cc(C(F)(F)F)n2)o1. The third-order valence-electron chi connectivity index (χ3n) is 5.43. The Bertz CT molecular complexity index is 1210. The molecule has 7 nitrogen and oxygen atoms in total. The van der Waals surface area contributed by atoms with Gasteiger partial charge in [0.25, 0.3) is 5.91 Å². The number of carbonyl (C=O) groups excluding carboxylic acids is 1. The van der Waals surface area contributed by atoms with Gasteiger partial charge in [0.2, 0.25) is 0 Å². The molecule has 36 heavy (non-hydrogen) atoms. The molecule has 3 heterocycles. The Morgan fingerprint density at radius 2 is 1.81 bits per heavy atom. The van der Waals surface area contributed by atoms with Crippen molar-refractivity contribution >= 4 is 40.8 Å². The molecule has 0 radical (unpaired) electrons. The third kappa shape index (κ3) is 6.44. The molecular weight excluding hydrogens is 515 g/mol. The first-order valence-electron chi connectivity index (χ1n) is 11.3. The van der Waals surface area contributed by atoms with Gasteiger partial charge in [-0.2, -0.15) is 13.2 Å². The second-order valence-corrected chi connectivity index (χ2v) is 9.85. The number of rotatable bonds is 7. The molecule has 0 saturated carbocycles. The number of para-hydroxylation sites is 1. The van der Waals surface area contributed by atoms with E-state index in [1.807, 2.05) is 43.0 Å². The Hall–Kier alpha value is -2.92. The topological polar surface area (TPSA) is 74.5 Å². The fraction of sp³-hybridized carbons (Fsp3) is 0.375. The second-order valence-electron chi connectivity index (χ2n) is 8.50. The summed E-state index contributed by atoms with van der Waals surface area (Å²) >= 11 is 7.31. The number of hydrogen-bond acceptors (Lipinski definition) is 7. The second kappa shape index (κ2) is 11.0. The maximum absolute atomic E-state index is 13.6. The summed E-state index contributed by atoms with van der Waals surface area (Å²) in [6.45, 7) is 5.80. The van der Waals surface area contributed by atoms with Crippen molar-refractivity contribution in [2.24, 2.45) is 0 Å². The highest BCUT2D eigenvalue weighted by Gasteiger charge is 2.34. The third-order valence-corrected chi connectivity index (χ3v) is 6.62. The van der Waals surface area contributed by atoms with Gasteiger partial charge in [-0.15, -0.1) is 0 Å². The first-order chi connectivity index (χ1) is 17.1. The largest absolute Gasteiger partial charge is 0.455 e. The molecule has 1 saturated heterocycles. The zero-order chi connectivity index (χ0) is 25.9. The van der Waals surface area contributed by atoms with Gasteiger partial charge in [-0.1, -0.05) is 35.5 Å². The molecule has 4 rings (SSSR count). The van der Waals surface area contributed by atoms with Crippen LogP contribution in [0.1, 0.15) is 35.9 Å². The van der Waals surface area contributed by atoms with E-state index in [1.54, 1.807) is 6.07 Å². The van der Waals surface area contributed by atoms with E-state index in [0.29, 0.717) is 37.0 Å². The van der Waals surface area contributed by atoms with E-state index < -0.39 is 11.9 Å². The van der Waals surface area contributed by atoms with Gasteiger partial charge >= 0.3 is 6.18 Å². The van der Waals surface area contributed by atoms with Gasteiger partial charge < -0.3 is 19.5 Å². The van der Waals surface area contributed by atoms with Crippen LogP contribution in [0.2, 0.25) is 5.02 Å². The van der Waals surface area contributed by atoms with Gasteiger partial charge in [-0.05, 0) is 38.1 Å². The Balaban J connectivity index is 1.47. The predicted octanol–water partition coefficient (Wildman–Crippen LogP) is 5.50. The van der Waals surface area contributed by atoms with Crippen LogP contribution in [0.4, 0.5) is 24.7 Å². The van der Waals surface area contributed by atoms with Crippen LogP contribution in [-0.4, -0.2) is 48.1 Å². The van der Waals surface area contributed by atoms with E-state index in [2.05, 4.69) is 20.2 Å². The van der Waals surface area contributed by atoms with Gasteiger partial charge in [0.05, 0.1) is 16.5 Å². The van der Waals surface area contributed by atoms with Gasteiger partial charge in [0.1, 0.15) is 11.6 Å². The molecule has 2 aromatic heterocycles. The van der Waals surface area contributed by atoms with Crippen molar-refractivity contribution in [1.29, 1.82) is 0 Å². The molecule has 1 aliphatic rings. The molecule has 1 aliphatic heterocycles. The predicted molar refractivity (Wildman–Crippen MR) is 134 cm³/mol. The van der Waals surface area contributed by atoms with Crippen LogP contribution >= 0.6 is 23.4 Å². The number of hydrogen-bond donors (Lipinski definition) is 1. The number of amides is 1. The summed E-state index contributed by atoms with van der Waals surface area (Å²) in [6.07, 6.45) is -4.61. The highest BCUT2D eigenvalue weighted by atomic mass is 35.5. The Kier molecular flexibility index (Phi) is 7.99. The van der Waals surface area contributed by atoms with Crippen molar-refractivity contribution in [1.82, 2.24) is 15.3 Å². The molecular formula is C24H25ClF3N5O2S. The first-order valence-corrected chi connectivity index (χ1v) is 12.7. The van der Waals surface area contributed by atoms with E-state index >= 15 is 0 Å². The zero-order valence-corrected chi connectivity index (χ0v) is 21.3. The normalized spacial score (nSPS) is 14.4. The minimum Gasteiger partial charge on any atom is -0.455 e. The summed E-state index contributed by atoms with van der Waals surface area (Å²) in [5.41, 5.74) is -0.103. The summed E-state index contributed by atoms with van der Waals surface area (Å²) in [4.78, 5) is 24.1. The molecule has 0 bridgehead atoms. The smallest absolute Gasteiger partial charge is 0.433 e. The fourth-order valence-electron chi connectivity index (χ4n) is 3.72. The summed E-state index contributed by atoms with van der Waals surface area (Å²) in [7, 11) is 0. The number of nitrogens with zero attached hydrogens (tertiary/aromatic N) is 4. The molecule has 0 aliphatic carbocycles. The minimum atomic E-state index is -4.61. The summed E-state index contributed by atoms with van der Waals surface area (Å²) in [5.74, 6) is 0.617. The number of piperazine rings is 1. The lowest BCUT2D eigenvalue weighted by atomic mass is 10.2. The molecule has 1 amide bonds. The Morgan fingerprint density at radius 3 is 2.47 bits per heavy atom. The lowest BCUT2D eigenvalue weighted by molar-refractivity contribution is -0.141. The van der Waals surface area contributed by atoms with Crippen molar-refractivity contribution < 1.29 is 22.4 Å². The van der Waals surface area contributed by atoms with E-state index in [0.717, 1.165) is 23.5 Å². The van der Waals surface area contributed by atoms with Crippen LogP contribution in [-0.2, 0) is 11.9 Å². The highest BCUT2D eigenvalue weighted by molar-refractivity contribution is 7.98. The molecule has 3 aromatic rings. The monoisotopic (exact) mass is 539 g/mol. The molecule has 192 valence electrons. The number of nitrogens with one attached hydrogen (secondary N) is 1. The van der Waals surface area contributed by atoms with Crippen molar-refractivity contribution in [3.8, 4) is 0 Å². The fourth-order valence-corrected chi connectivity index (χ4v) is 4.72. The van der Waals surface area contributed by atoms with Gasteiger partial charge in [0.15, 0.2) is 16.6 Å². The number of aromatic nitrogens is 2. The lowest BCUT2D eigenvalue weighted by Crippen LogP contribution is -2.47. The molecule has 0 spiro atoms. The van der Waals surface area contributed by atoms with Crippen LogP contribution in [0, 0.1) is 0 Å². The zero-order valence-electron chi connectivity index (χ0n) is 19.7. The van der Waals surface area contributed by atoms with Crippen molar-refractivity contribution in [2.45, 2.75) is 37.0 Å². The summed E-state index contributed by atoms with van der Waals surface area (Å²) in [5, 5.41) is 3.34. The van der Waals surface area contributed by atoms with Gasteiger partial charge in [-0.25, -0.2) is 9.97 Å². The van der Waals surface area contributed by atoms with Crippen LogP contribution in [0.25, 0.3) is 0 Å². The number of carbonyl (C=O) groups is 1. The highest BCUT2D eigenvalue weighted by Crippen LogP contribution is 2.33. The summed E-state index contributed by atoms with van der Waals surface area (Å²) < 4.78 is 46.3. The van der Waals surface area contributed by atoms with Crippen molar-refractivity contribution in [3.63, 3.8) is 0 Å². The number of alkyl halides is 3. The van der Waals surface area contributed by atoms with E-state index in [4.69, 9.17) is 16.0 Å². The van der Waals surface area contributed by atoms with E-state index in [1.165, 1.54) is 6.07 Å². The number of furan rings is 1. The first kappa shape index (κ1) is 26.2. The molecule has 0 unspecified atom stereocenters. The maximum Gasteiger partial charge on any atom is 0.433 e. The number of anilines is 2. The molecule has 1 aromatic carbocycles. The lowest BCUT2D eigenvalue weighted by Gasteiger charge is -2.37. The molecule has 0 atom stereocenters. The van der Waals surface area contributed by atoms with Crippen LogP contribution < -0.4 is 15.1 Å². The number of benzene rings is 1.